The summed E-state index contributed by atoms with van der Waals surface area (Å²) in [5.41, 5.74) is 1.75. The molecule has 7 heteroatoms. The predicted octanol–water partition coefficient (Wildman–Crippen LogP) is 4.17. The molecule has 2 aliphatic heterocycles. The minimum Gasteiger partial charge on any atom is -0.465 e. The van der Waals surface area contributed by atoms with Gasteiger partial charge in [0.2, 0.25) is 0 Å². The maximum atomic E-state index is 12.7. The van der Waals surface area contributed by atoms with Gasteiger partial charge in [0.25, 0.3) is 0 Å². The summed E-state index contributed by atoms with van der Waals surface area (Å²) in [6, 6.07) is 0. The lowest BCUT2D eigenvalue weighted by Gasteiger charge is -2.29. The van der Waals surface area contributed by atoms with Gasteiger partial charge in [-0.15, -0.1) is 0 Å². The van der Waals surface area contributed by atoms with E-state index in [1.165, 1.54) is 31.3 Å². The molecule has 2 fully saturated rings. The fraction of sp³-hybridized carbons (Fsp3) is 0.625. The van der Waals surface area contributed by atoms with Crippen LogP contribution in [-0.4, -0.2) is 42.3 Å². The molecular formula is C24H34O7. The molecule has 0 aromatic heterocycles. The zero-order valence-electron chi connectivity index (χ0n) is 19.1. The first kappa shape index (κ1) is 24.9. The number of carbonyl (C=O) groups is 3. The second kappa shape index (κ2) is 11.3. The standard InChI is InChI=1S/C24H34O7/c1-16(2)8-6-9-17(3)10-7-12-24-22(31-24)14-21(30-23(24)27)20(15-29-19(5)26)11-13-28-18(4)25/h8,10-11,13,20-22H,6-7,9,12,14-15H2,1-5H3. The molecule has 4 unspecified atom stereocenters. The summed E-state index contributed by atoms with van der Waals surface area (Å²) in [5.74, 6) is -1.70. The zero-order chi connectivity index (χ0) is 23.0. The molecule has 172 valence electrons. The molecule has 0 aromatic carbocycles. The third kappa shape index (κ3) is 7.65. The van der Waals surface area contributed by atoms with E-state index < -0.39 is 29.6 Å². The fourth-order valence-electron chi connectivity index (χ4n) is 3.68. The van der Waals surface area contributed by atoms with Crippen molar-refractivity contribution in [1.82, 2.24) is 0 Å². The Morgan fingerprint density at radius 3 is 2.48 bits per heavy atom. The molecular weight excluding hydrogens is 400 g/mol. The van der Waals surface area contributed by atoms with Crippen molar-refractivity contribution in [2.75, 3.05) is 6.61 Å². The first-order valence-corrected chi connectivity index (χ1v) is 10.8. The molecule has 0 amide bonds. The molecule has 0 spiro atoms. The van der Waals surface area contributed by atoms with E-state index in [9.17, 15) is 14.4 Å². The average Bonchev–Trinajstić information content (AvgIpc) is 3.38. The van der Waals surface area contributed by atoms with Crippen molar-refractivity contribution in [3.63, 3.8) is 0 Å². The van der Waals surface area contributed by atoms with Gasteiger partial charge in [-0.05, 0) is 52.5 Å². The number of epoxide rings is 1. The highest BCUT2D eigenvalue weighted by molar-refractivity contribution is 5.84. The van der Waals surface area contributed by atoms with Crippen molar-refractivity contribution in [3.8, 4) is 0 Å². The quantitative estimate of drug-likeness (QED) is 0.158. The lowest BCUT2D eigenvalue weighted by atomic mass is 9.88. The summed E-state index contributed by atoms with van der Waals surface area (Å²) in [4.78, 5) is 34.9. The van der Waals surface area contributed by atoms with E-state index in [1.54, 1.807) is 6.08 Å². The van der Waals surface area contributed by atoms with E-state index in [2.05, 4.69) is 32.9 Å². The number of fused-ring (bicyclic) bond motifs is 1. The molecule has 0 aliphatic carbocycles. The second-order valence-corrected chi connectivity index (χ2v) is 8.49. The topological polar surface area (TPSA) is 91.4 Å². The zero-order valence-corrected chi connectivity index (χ0v) is 19.1. The number of ether oxygens (including phenoxy) is 4. The molecule has 4 atom stereocenters. The van der Waals surface area contributed by atoms with Gasteiger partial charge in [0, 0.05) is 20.3 Å². The highest BCUT2D eigenvalue weighted by Gasteiger charge is 2.67. The number of hydrogen-bond donors (Lipinski definition) is 0. The van der Waals surface area contributed by atoms with E-state index >= 15 is 0 Å². The summed E-state index contributed by atoms with van der Waals surface area (Å²) in [7, 11) is 0. The number of cyclic esters (lactones) is 1. The molecule has 7 nitrogen and oxygen atoms in total. The Hall–Kier alpha value is -2.41. The van der Waals surface area contributed by atoms with E-state index in [0.29, 0.717) is 12.8 Å². The van der Waals surface area contributed by atoms with Crippen LogP contribution in [0.4, 0.5) is 0 Å². The molecule has 0 N–H and O–H groups in total. The lowest BCUT2D eigenvalue weighted by molar-refractivity contribution is -0.162. The van der Waals surface area contributed by atoms with Crippen LogP contribution >= 0.6 is 0 Å². The molecule has 0 aromatic rings. The van der Waals surface area contributed by atoms with Crippen LogP contribution < -0.4 is 0 Å². The van der Waals surface area contributed by atoms with E-state index in [1.807, 2.05) is 0 Å². The van der Waals surface area contributed by atoms with E-state index in [-0.39, 0.29) is 18.7 Å². The van der Waals surface area contributed by atoms with Gasteiger partial charge < -0.3 is 18.9 Å². The van der Waals surface area contributed by atoms with Gasteiger partial charge in [0.05, 0.1) is 12.2 Å². The van der Waals surface area contributed by atoms with Crippen molar-refractivity contribution >= 4 is 17.9 Å². The molecule has 31 heavy (non-hydrogen) atoms. The predicted molar refractivity (Wildman–Crippen MR) is 115 cm³/mol. The number of carbonyl (C=O) groups excluding carboxylic acids is 3. The molecule has 2 heterocycles. The summed E-state index contributed by atoms with van der Waals surface area (Å²) >= 11 is 0. The van der Waals surface area contributed by atoms with Gasteiger partial charge in [-0.25, -0.2) is 4.79 Å². The van der Waals surface area contributed by atoms with Crippen LogP contribution in [0.5, 0.6) is 0 Å². The van der Waals surface area contributed by atoms with Crippen molar-refractivity contribution in [2.45, 2.75) is 84.5 Å². The van der Waals surface area contributed by atoms with Crippen LogP contribution in [0.25, 0.3) is 0 Å². The summed E-state index contributed by atoms with van der Waals surface area (Å²) in [6.07, 6.45) is 10.3. The second-order valence-electron chi connectivity index (χ2n) is 8.49. The van der Waals surface area contributed by atoms with Gasteiger partial charge in [-0.2, -0.15) is 0 Å². The molecule has 0 saturated carbocycles. The Morgan fingerprint density at radius 2 is 1.87 bits per heavy atom. The van der Waals surface area contributed by atoms with Gasteiger partial charge in [-0.1, -0.05) is 23.3 Å². The summed E-state index contributed by atoms with van der Waals surface area (Å²) in [5, 5.41) is 0. The lowest BCUT2D eigenvalue weighted by Crippen LogP contribution is -2.43. The summed E-state index contributed by atoms with van der Waals surface area (Å²) in [6.45, 7) is 8.91. The van der Waals surface area contributed by atoms with Crippen LogP contribution in [0.15, 0.2) is 35.6 Å². The van der Waals surface area contributed by atoms with Crippen molar-refractivity contribution in [3.05, 3.63) is 35.6 Å². The maximum absolute atomic E-state index is 12.7. The first-order chi connectivity index (χ1) is 14.6. The first-order valence-electron chi connectivity index (χ1n) is 10.8. The number of rotatable bonds is 11. The van der Waals surface area contributed by atoms with E-state index in [4.69, 9.17) is 18.9 Å². The summed E-state index contributed by atoms with van der Waals surface area (Å²) < 4.78 is 21.4. The normalized spacial score (nSPS) is 26.0. The Bertz CT molecular complexity index is 760. The Labute approximate surface area is 184 Å². The van der Waals surface area contributed by atoms with Crippen LogP contribution in [-0.2, 0) is 33.3 Å². The van der Waals surface area contributed by atoms with Gasteiger partial charge in [0.15, 0.2) is 5.60 Å². The highest BCUT2D eigenvalue weighted by Crippen LogP contribution is 2.49. The number of allylic oxidation sites excluding steroid dienone is 4. The van der Waals surface area contributed by atoms with Crippen LogP contribution in [0.2, 0.25) is 0 Å². The van der Waals surface area contributed by atoms with Gasteiger partial charge >= 0.3 is 17.9 Å². The molecule has 2 rings (SSSR count). The Morgan fingerprint density at radius 1 is 1.13 bits per heavy atom. The molecule has 2 saturated heterocycles. The largest absolute Gasteiger partial charge is 0.465 e. The Kier molecular flexibility index (Phi) is 9.04. The van der Waals surface area contributed by atoms with Crippen molar-refractivity contribution in [1.29, 1.82) is 0 Å². The number of hydrogen-bond acceptors (Lipinski definition) is 7. The van der Waals surface area contributed by atoms with E-state index in [0.717, 1.165) is 19.3 Å². The van der Waals surface area contributed by atoms with Gasteiger partial charge in [0.1, 0.15) is 18.8 Å². The van der Waals surface area contributed by atoms with Crippen LogP contribution in [0, 0.1) is 5.92 Å². The van der Waals surface area contributed by atoms with Crippen molar-refractivity contribution < 1.29 is 33.3 Å². The molecule has 0 radical (unpaired) electrons. The molecule has 0 bridgehead atoms. The SMILES string of the molecule is CC(=O)OC=CC(COC(C)=O)C1CC2OC2(CCC=C(C)CCC=C(C)C)C(=O)O1. The molecule has 2 aliphatic rings. The van der Waals surface area contributed by atoms with Crippen molar-refractivity contribution in [2.24, 2.45) is 5.92 Å². The maximum Gasteiger partial charge on any atom is 0.341 e. The highest BCUT2D eigenvalue weighted by atomic mass is 16.7. The third-order valence-corrected chi connectivity index (χ3v) is 5.48. The monoisotopic (exact) mass is 434 g/mol. The Balaban J connectivity index is 1.91. The smallest absolute Gasteiger partial charge is 0.341 e. The number of esters is 3. The minimum absolute atomic E-state index is 0.0262. The fourth-order valence-corrected chi connectivity index (χ4v) is 3.68. The van der Waals surface area contributed by atoms with Crippen LogP contribution in [0.3, 0.4) is 0 Å². The third-order valence-electron chi connectivity index (χ3n) is 5.48. The average molecular weight is 435 g/mol. The minimum atomic E-state index is -0.862. The van der Waals surface area contributed by atoms with Crippen LogP contribution in [0.1, 0.15) is 66.7 Å². The van der Waals surface area contributed by atoms with Gasteiger partial charge in [-0.3, -0.25) is 9.59 Å².